The van der Waals surface area contributed by atoms with E-state index in [2.05, 4.69) is 0 Å². The molecular formula is C24H18N2O7S. The summed E-state index contributed by atoms with van der Waals surface area (Å²) in [4.78, 5) is 27.7. The average Bonchev–Trinajstić information content (AvgIpc) is 3.49. The van der Waals surface area contributed by atoms with Crippen LogP contribution in [0, 0.1) is 6.92 Å². The van der Waals surface area contributed by atoms with Crippen LogP contribution >= 0.6 is 0 Å². The second kappa shape index (κ2) is 7.72. The van der Waals surface area contributed by atoms with Gasteiger partial charge < -0.3 is 13.9 Å². The van der Waals surface area contributed by atoms with Gasteiger partial charge in [-0.3, -0.25) is 14.5 Å². The molecule has 5 rings (SSSR count). The lowest BCUT2D eigenvalue weighted by molar-refractivity contribution is -0.117. The lowest BCUT2D eigenvalue weighted by atomic mass is 9.99. The highest BCUT2D eigenvalue weighted by molar-refractivity contribution is 7.89. The summed E-state index contributed by atoms with van der Waals surface area (Å²) >= 11 is 0. The van der Waals surface area contributed by atoms with Crippen LogP contribution in [0.1, 0.15) is 28.1 Å². The Morgan fingerprint density at radius 1 is 1.03 bits per heavy atom. The maximum absolute atomic E-state index is 13.5. The molecule has 1 aliphatic rings. The summed E-state index contributed by atoms with van der Waals surface area (Å²) in [5.41, 5.74) is 0.500. The van der Waals surface area contributed by atoms with Gasteiger partial charge in [0.25, 0.3) is 5.91 Å². The van der Waals surface area contributed by atoms with Gasteiger partial charge in [0.15, 0.2) is 11.5 Å². The largest absolute Gasteiger partial charge is 0.503 e. The van der Waals surface area contributed by atoms with Crippen LogP contribution in [0.4, 0.5) is 5.69 Å². The Hall–Kier alpha value is -4.15. The molecule has 1 aliphatic heterocycles. The standard InChI is InChI=1S/C24H18N2O7S/c1-13-6-11-18(32-13)21-20(22(27)19-12-14-4-2-3-5-17(14)33-19)23(28)24(29)26(21)15-7-9-16(10-8-15)34(25,30)31/h2-12,21,28H,1H3,(H2,25,30,31). The maximum Gasteiger partial charge on any atom is 0.294 e. The van der Waals surface area contributed by atoms with E-state index in [1.807, 2.05) is 0 Å². The topological polar surface area (TPSA) is 144 Å². The molecule has 2 aromatic carbocycles. The fourth-order valence-electron chi connectivity index (χ4n) is 4.00. The number of Topliss-reactive ketones (excluding diaryl/α,β-unsaturated/α-hetero) is 1. The molecule has 1 amide bonds. The van der Waals surface area contributed by atoms with Crippen LogP contribution in [-0.2, 0) is 14.8 Å². The second-order valence-corrected chi connectivity index (χ2v) is 9.37. The molecule has 3 N–H and O–H groups in total. The van der Waals surface area contributed by atoms with Crippen LogP contribution in [0.15, 0.2) is 91.8 Å². The molecule has 9 nitrogen and oxygen atoms in total. The van der Waals surface area contributed by atoms with E-state index in [0.717, 1.165) is 4.90 Å². The number of fused-ring (bicyclic) bond motifs is 1. The van der Waals surface area contributed by atoms with Gasteiger partial charge in [0.1, 0.15) is 23.1 Å². The van der Waals surface area contributed by atoms with Gasteiger partial charge >= 0.3 is 0 Å². The van der Waals surface area contributed by atoms with Gasteiger partial charge in [-0.25, -0.2) is 13.6 Å². The first-order chi connectivity index (χ1) is 16.1. The van der Waals surface area contributed by atoms with E-state index in [-0.39, 0.29) is 27.7 Å². The molecule has 34 heavy (non-hydrogen) atoms. The number of furan rings is 2. The van der Waals surface area contributed by atoms with Crippen LogP contribution in [0.3, 0.4) is 0 Å². The van der Waals surface area contributed by atoms with Crippen molar-refractivity contribution >= 4 is 38.4 Å². The number of aryl methyl sites for hydroxylation is 1. The number of ketones is 1. The predicted octanol–water partition coefficient (Wildman–Crippen LogP) is 3.76. The molecular weight excluding hydrogens is 460 g/mol. The molecule has 3 heterocycles. The molecule has 0 aliphatic carbocycles. The fourth-order valence-corrected chi connectivity index (χ4v) is 4.51. The smallest absolute Gasteiger partial charge is 0.294 e. The number of hydrogen-bond acceptors (Lipinski definition) is 7. The van der Waals surface area contributed by atoms with Crippen molar-refractivity contribution in [3.05, 3.63) is 95.3 Å². The number of benzene rings is 2. The van der Waals surface area contributed by atoms with Crippen molar-refractivity contribution in [3.63, 3.8) is 0 Å². The third kappa shape index (κ3) is 3.49. The Kier molecular flexibility index (Phi) is 4.92. The summed E-state index contributed by atoms with van der Waals surface area (Å²) in [7, 11) is -3.95. The SMILES string of the molecule is Cc1ccc(C2C(C(=O)c3cc4ccccc4o3)=C(O)C(=O)N2c2ccc(S(N)(=O)=O)cc2)o1. The highest BCUT2D eigenvalue weighted by Crippen LogP contribution is 2.43. The Bertz CT molecular complexity index is 1560. The van der Waals surface area contributed by atoms with Crippen molar-refractivity contribution in [1.29, 1.82) is 0 Å². The maximum atomic E-state index is 13.5. The Labute approximate surface area is 193 Å². The van der Waals surface area contributed by atoms with Crippen molar-refractivity contribution in [3.8, 4) is 0 Å². The summed E-state index contributed by atoms with van der Waals surface area (Å²) in [6, 6.07) is 15.9. The average molecular weight is 478 g/mol. The first kappa shape index (κ1) is 21.7. The van der Waals surface area contributed by atoms with E-state index >= 15 is 0 Å². The number of aliphatic hydroxyl groups excluding tert-OH is 1. The molecule has 0 saturated carbocycles. The van der Waals surface area contributed by atoms with Gasteiger partial charge in [0.05, 0.1) is 10.5 Å². The van der Waals surface area contributed by atoms with Crippen molar-refractivity contribution in [2.24, 2.45) is 5.14 Å². The summed E-state index contributed by atoms with van der Waals surface area (Å²) in [5.74, 6) is -1.54. The quantitative estimate of drug-likeness (QED) is 0.416. The number of nitrogens with two attached hydrogens (primary N) is 1. The molecule has 0 saturated heterocycles. The Morgan fingerprint density at radius 2 is 1.74 bits per heavy atom. The number of hydrogen-bond donors (Lipinski definition) is 2. The summed E-state index contributed by atoms with van der Waals surface area (Å²) in [6.45, 7) is 1.70. The van der Waals surface area contributed by atoms with Crippen LogP contribution in [-0.4, -0.2) is 25.2 Å². The summed E-state index contributed by atoms with van der Waals surface area (Å²) in [6.07, 6.45) is 0. The molecule has 0 bridgehead atoms. The number of carbonyl (C=O) groups excluding carboxylic acids is 2. The molecule has 2 aromatic heterocycles. The monoisotopic (exact) mass is 478 g/mol. The molecule has 0 fully saturated rings. The van der Waals surface area contributed by atoms with Gasteiger partial charge in [-0.2, -0.15) is 0 Å². The molecule has 0 spiro atoms. The number of para-hydroxylation sites is 1. The number of rotatable bonds is 5. The predicted molar refractivity (Wildman–Crippen MR) is 122 cm³/mol. The van der Waals surface area contributed by atoms with E-state index in [9.17, 15) is 23.1 Å². The van der Waals surface area contributed by atoms with Crippen LogP contribution in [0.25, 0.3) is 11.0 Å². The summed E-state index contributed by atoms with van der Waals surface area (Å²) < 4.78 is 34.6. The van der Waals surface area contributed by atoms with E-state index in [1.165, 1.54) is 30.3 Å². The molecule has 0 radical (unpaired) electrons. The van der Waals surface area contributed by atoms with E-state index in [1.54, 1.807) is 43.3 Å². The lowest BCUT2D eigenvalue weighted by Crippen LogP contribution is -2.30. The Morgan fingerprint density at radius 3 is 2.35 bits per heavy atom. The van der Waals surface area contributed by atoms with Crippen molar-refractivity contribution in [1.82, 2.24) is 0 Å². The molecule has 1 unspecified atom stereocenters. The number of amides is 1. The number of anilines is 1. The number of sulfonamides is 1. The zero-order valence-corrected chi connectivity index (χ0v) is 18.6. The van der Waals surface area contributed by atoms with Gasteiger partial charge in [-0.1, -0.05) is 18.2 Å². The summed E-state index contributed by atoms with van der Waals surface area (Å²) in [5, 5.41) is 16.6. The third-order valence-electron chi connectivity index (χ3n) is 5.58. The van der Waals surface area contributed by atoms with Gasteiger partial charge in [0.2, 0.25) is 15.8 Å². The fraction of sp³-hybridized carbons (Fsp3) is 0.0833. The van der Waals surface area contributed by atoms with E-state index < -0.39 is 33.5 Å². The minimum absolute atomic E-state index is 0.0461. The van der Waals surface area contributed by atoms with Crippen molar-refractivity contribution in [2.75, 3.05) is 4.90 Å². The minimum atomic E-state index is -3.95. The highest BCUT2D eigenvalue weighted by Gasteiger charge is 2.47. The number of carbonyl (C=O) groups is 2. The molecule has 1 atom stereocenters. The number of nitrogens with zero attached hydrogens (tertiary/aromatic N) is 1. The zero-order chi connectivity index (χ0) is 24.2. The normalized spacial score (nSPS) is 16.6. The van der Waals surface area contributed by atoms with Crippen molar-refractivity contribution in [2.45, 2.75) is 17.9 Å². The van der Waals surface area contributed by atoms with Gasteiger partial charge in [0, 0.05) is 11.1 Å². The van der Waals surface area contributed by atoms with E-state index in [4.69, 9.17) is 14.0 Å². The second-order valence-electron chi connectivity index (χ2n) is 7.80. The first-order valence-corrected chi connectivity index (χ1v) is 11.7. The molecule has 172 valence electrons. The Balaban J connectivity index is 1.63. The van der Waals surface area contributed by atoms with Gasteiger partial charge in [-0.15, -0.1) is 0 Å². The number of aliphatic hydroxyl groups is 1. The highest BCUT2D eigenvalue weighted by atomic mass is 32.2. The lowest BCUT2D eigenvalue weighted by Gasteiger charge is -2.25. The van der Waals surface area contributed by atoms with Crippen LogP contribution < -0.4 is 10.0 Å². The molecule has 10 heteroatoms. The van der Waals surface area contributed by atoms with Gasteiger partial charge in [-0.05, 0) is 55.5 Å². The molecule has 4 aromatic rings. The van der Waals surface area contributed by atoms with Crippen LogP contribution in [0.5, 0.6) is 0 Å². The number of primary sulfonamides is 1. The van der Waals surface area contributed by atoms with E-state index in [0.29, 0.717) is 16.7 Å². The minimum Gasteiger partial charge on any atom is -0.503 e. The van der Waals surface area contributed by atoms with Crippen molar-refractivity contribution < 1.29 is 31.9 Å². The zero-order valence-electron chi connectivity index (χ0n) is 17.8. The first-order valence-electron chi connectivity index (χ1n) is 10.1. The van der Waals surface area contributed by atoms with Crippen LogP contribution in [0.2, 0.25) is 0 Å². The third-order valence-corrected chi connectivity index (χ3v) is 6.51.